The number of methoxy groups -OCH3 is 1. The van der Waals surface area contributed by atoms with Crippen LogP contribution in [0.4, 0.5) is 5.13 Å². The first kappa shape index (κ1) is 22.1. The van der Waals surface area contributed by atoms with Crippen LogP contribution in [0.1, 0.15) is 0 Å². The maximum Gasteiger partial charge on any atom is 0.238 e. The van der Waals surface area contributed by atoms with Gasteiger partial charge in [0.2, 0.25) is 5.91 Å². The van der Waals surface area contributed by atoms with E-state index in [2.05, 4.69) is 9.88 Å². The number of piperazine rings is 1. The molecule has 0 atom stereocenters. The van der Waals surface area contributed by atoms with Crippen LogP contribution >= 0.6 is 34.5 Å². The molecule has 11 heteroatoms. The summed E-state index contributed by atoms with van der Waals surface area (Å²) in [6, 6.07) is 9.38. The minimum Gasteiger partial charge on any atom is -0.494 e. The highest BCUT2D eigenvalue weighted by Crippen LogP contribution is 2.38. The van der Waals surface area contributed by atoms with Gasteiger partial charge < -0.3 is 14.5 Å². The number of sulfone groups is 1. The highest BCUT2D eigenvalue weighted by molar-refractivity contribution is 7.92. The van der Waals surface area contributed by atoms with Crippen LogP contribution in [0.2, 0.25) is 10.0 Å². The number of benzene rings is 2. The van der Waals surface area contributed by atoms with Crippen LogP contribution < -0.4 is 9.64 Å². The smallest absolute Gasteiger partial charge is 0.238 e. The molecule has 1 aliphatic rings. The Morgan fingerprint density at radius 2 is 1.77 bits per heavy atom. The number of rotatable bonds is 5. The van der Waals surface area contributed by atoms with Crippen molar-refractivity contribution in [1.82, 2.24) is 9.88 Å². The summed E-state index contributed by atoms with van der Waals surface area (Å²) in [6.45, 7) is 1.92. The van der Waals surface area contributed by atoms with Gasteiger partial charge in [-0.2, -0.15) is 0 Å². The number of halogens is 2. The summed E-state index contributed by atoms with van der Waals surface area (Å²) in [7, 11) is -2.14. The molecule has 7 nitrogen and oxygen atoms in total. The van der Waals surface area contributed by atoms with E-state index in [1.54, 1.807) is 24.1 Å². The maximum atomic E-state index is 12.6. The first-order chi connectivity index (χ1) is 14.8. The lowest BCUT2D eigenvalue weighted by Crippen LogP contribution is -2.50. The van der Waals surface area contributed by atoms with E-state index in [9.17, 15) is 13.2 Å². The number of hydrogen-bond acceptors (Lipinski definition) is 7. The predicted octanol–water partition coefficient (Wildman–Crippen LogP) is 3.73. The number of hydrogen-bond donors (Lipinski definition) is 0. The third-order valence-corrected chi connectivity index (χ3v) is 8.50. The molecule has 0 radical (unpaired) electrons. The number of anilines is 1. The Morgan fingerprint density at radius 1 is 1.10 bits per heavy atom. The topological polar surface area (TPSA) is 79.8 Å². The molecule has 0 unspecified atom stereocenters. The summed E-state index contributed by atoms with van der Waals surface area (Å²) in [5.41, 5.74) is 0.711. The quantitative estimate of drug-likeness (QED) is 0.531. The normalized spacial score (nSPS) is 14.8. The molecular weight excluding hydrogens is 481 g/mol. The van der Waals surface area contributed by atoms with E-state index in [4.69, 9.17) is 27.9 Å². The molecule has 1 aliphatic heterocycles. The molecule has 0 aliphatic carbocycles. The zero-order valence-corrected chi connectivity index (χ0v) is 19.7. The third-order valence-electron chi connectivity index (χ3n) is 5.06. The molecule has 2 aromatic carbocycles. The van der Waals surface area contributed by atoms with Crippen molar-refractivity contribution in [2.24, 2.45) is 0 Å². The Labute approximate surface area is 194 Å². The molecule has 164 valence electrons. The van der Waals surface area contributed by atoms with Crippen LogP contribution in [-0.4, -0.2) is 63.3 Å². The molecule has 0 saturated carbocycles. The third kappa shape index (κ3) is 4.59. The van der Waals surface area contributed by atoms with E-state index < -0.39 is 21.5 Å². The van der Waals surface area contributed by atoms with Gasteiger partial charge in [-0.05, 0) is 36.4 Å². The Bertz CT molecular complexity index is 1220. The van der Waals surface area contributed by atoms with Crippen molar-refractivity contribution in [3.8, 4) is 5.75 Å². The molecule has 0 N–H and O–H groups in total. The van der Waals surface area contributed by atoms with Crippen molar-refractivity contribution in [3.05, 3.63) is 46.4 Å². The number of thiazole rings is 1. The van der Waals surface area contributed by atoms with Crippen molar-refractivity contribution in [2.45, 2.75) is 4.90 Å². The molecule has 1 saturated heterocycles. The van der Waals surface area contributed by atoms with E-state index in [0.717, 1.165) is 9.83 Å². The molecule has 2 heterocycles. The lowest BCUT2D eigenvalue weighted by Gasteiger charge is -2.34. The summed E-state index contributed by atoms with van der Waals surface area (Å²) in [4.78, 5) is 21.0. The zero-order chi connectivity index (χ0) is 22.2. The number of fused-ring (bicyclic) bond motifs is 1. The average molecular weight is 500 g/mol. The van der Waals surface area contributed by atoms with E-state index in [1.807, 2.05) is 0 Å². The van der Waals surface area contributed by atoms with Gasteiger partial charge in [-0.1, -0.05) is 34.5 Å². The number of carbonyl (C=O) groups excluding carboxylic acids is 1. The second-order valence-corrected chi connectivity index (χ2v) is 10.8. The Kier molecular flexibility index (Phi) is 6.30. The van der Waals surface area contributed by atoms with E-state index in [-0.39, 0.29) is 4.90 Å². The van der Waals surface area contributed by atoms with Crippen molar-refractivity contribution >= 4 is 65.6 Å². The lowest BCUT2D eigenvalue weighted by molar-refractivity contribution is -0.128. The SMILES string of the molecule is COc1ccc(Cl)c2sc(N3CCN(C(=O)CS(=O)(=O)c4ccc(Cl)cc4)CC3)nc12. The fourth-order valence-corrected chi connectivity index (χ4v) is 6.03. The van der Waals surface area contributed by atoms with Crippen LogP contribution in [0.15, 0.2) is 41.3 Å². The van der Waals surface area contributed by atoms with Gasteiger partial charge in [0.1, 0.15) is 17.0 Å². The first-order valence-corrected chi connectivity index (χ1v) is 12.6. The largest absolute Gasteiger partial charge is 0.494 e. The molecular formula is C20H19Cl2N3O4S2. The van der Waals surface area contributed by atoms with Crippen LogP contribution in [0.3, 0.4) is 0 Å². The van der Waals surface area contributed by atoms with Gasteiger partial charge in [0.25, 0.3) is 0 Å². The van der Waals surface area contributed by atoms with Crippen LogP contribution in [-0.2, 0) is 14.6 Å². The zero-order valence-electron chi connectivity index (χ0n) is 16.5. The van der Waals surface area contributed by atoms with Gasteiger partial charge in [0.15, 0.2) is 15.0 Å². The van der Waals surface area contributed by atoms with Crippen LogP contribution in [0, 0.1) is 0 Å². The van der Waals surface area contributed by atoms with Crippen molar-refractivity contribution in [3.63, 3.8) is 0 Å². The standard InChI is InChI=1S/C20H19Cl2N3O4S2/c1-29-16-7-6-15(22)19-18(16)23-20(30-19)25-10-8-24(9-11-25)17(26)12-31(27,28)14-4-2-13(21)3-5-14/h2-7H,8-12H2,1H3. The minimum atomic E-state index is -3.72. The Morgan fingerprint density at radius 3 is 2.42 bits per heavy atom. The van der Waals surface area contributed by atoms with Crippen molar-refractivity contribution < 1.29 is 17.9 Å². The second-order valence-electron chi connectivity index (χ2n) is 7.00. The Balaban J connectivity index is 1.43. The summed E-state index contributed by atoms with van der Waals surface area (Å²) < 4.78 is 31.3. The summed E-state index contributed by atoms with van der Waals surface area (Å²) >= 11 is 13.6. The maximum absolute atomic E-state index is 12.6. The fraction of sp³-hybridized carbons (Fsp3) is 0.300. The molecule has 1 aromatic heterocycles. The predicted molar refractivity (Wildman–Crippen MR) is 123 cm³/mol. The van der Waals surface area contributed by atoms with Crippen molar-refractivity contribution in [2.75, 3.05) is 43.9 Å². The Hall–Kier alpha value is -2.07. The molecule has 31 heavy (non-hydrogen) atoms. The molecule has 0 bridgehead atoms. The summed E-state index contributed by atoms with van der Waals surface area (Å²) in [5, 5.41) is 1.85. The lowest BCUT2D eigenvalue weighted by atomic mass is 10.3. The number of carbonyl (C=O) groups is 1. The van der Waals surface area contributed by atoms with Crippen molar-refractivity contribution in [1.29, 1.82) is 0 Å². The van der Waals surface area contributed by atoms with Gasteiger partial charge in [-0.15, -0.1) is 0 Å². The molecule has 4 rings (SSSR count). The molecule has 3 aromatic rings. The first-order valence-electron chi connectivity index (χ1n) is 9.42. The number of ether oxygens (including phenoxy) is 1. The van der Waals surface area contributed by atoms with Gasteiger partial charge >= 0.3 is 0 Å². The number of amides is 1. The van der Waals surface area contributed by atoms with Crippen LogP contribution in [0.5, 0.6) is 5.75 Å². The minimum absolute atomic E-state index is 0.0872. The molecule has 1 amide bonds. The molecule has 0 spiro atoms. The van der Waals surface area contributed by atoms with E-state index in [0.29, 0.717) is 47.5 Å². The van der Waals surface area contributed by atoms with Gasteiger partial charge in [0, 0.05) is 31.2 Å². The van der Waals surface area contributed by atoms with Crippen LogP contribution in [0.25, 0.3) is 10.2 Å². The number of nitrogens with zero attached hydrogens (tertiary/aromatic N) is 3. The second kappa shape index (κ2) is 8.82. The average Bonchev–Trinajstić information content (AvgIpc) is 3.21. The monoisotopic (exact) mass is 499 g/mol. The van der Waals surface area contributed by atoms with Gasteiger partial charge in [-0.3, -0.25) is 4.79 Å². The van der Waals surface area contributed by atoms with E-state index in [1.165, 1.54) is 35.6 Å². The highest BCUT2D eigenvalue weighted by atomic mass is 35.5. The molecule has 1 fully saturated rings. The van der Waals surface area contributed by atoms with Gasteiger partial charge in [0.05, 0.1) is 21.7 Å². The van der Waals surface area contributed by atoms with Gasteiger partial charge in [-0.25, -0.2) is 13.4 Å². The van der Waals surface area contributed by atoms with E-state index >= 15 is 0 Å². The summed E-state index contributed by atoms with van der Waals surface area (Å²) in [5.74, 6) is -0.325. The summed E-state index contributed by atoms with van der Waals surface area (Å²) in [6.07, 6.45) is 0. The number of aromatic nitrogens is 1. The fourth-order valence-electron chi connectivity index (χ4n) is 3.37. The highest BCUT2D eigenvalue weighted by Gasteiger charge is 2.28.